The molecule has 0 aliphatic rings. The highest BCUT2D eigenvalue weighted by Gasteiger charge is 1.97. The first kappa shape index (κ1) is 6.79. The third-order valence-corrected chi connectivity index (χ3v) is 1.27. The molecule has 0 fully saturated rings. The molecule has 0 radical (unpaired) electrons. The molecule has 50 valence electrons. The summed E-state index contributed by atoms with van der Waals surface area (Å²) < 4.78 is 0. The molecule has 0 aliphatic carbocycles. The molecule has 1 aromatic carbocycles. The van der Waals surface area contributed by atoms with Crippen LogP contribution in [0.3, 0.4) is 0 Å². The predicted octanol–water partition coefficient (Wildman–Crippen LogP) is 1.77. The second-order valence-electron chi connectivity index (χ2n) is 1.95. The molecule has 0 unspecified atom stereocenters. The summed E-state index contributed by atoms with van der Waals surface area (Å²) in [6, 6.07) is 7.08. The molecule has 0 amide bonds. The topological polar surface area (TPSA) is 24.6 Å². The van der Waals surface area contributed by atoms with Gasteiger partial charge in [-0.15, -0.1) is 0 Å². The Morgan fingerprint density at radius 3 is 2.30 bits per heavy atom. The van der Waals surface area contributed by atoms with Gasteiger partial charge < -0.3 is 5.11 Å². The van der Waals surface area contributed by atoms with Gasteiger partial charge in [0.2, 0.25) is 0 Å². The van der Waals surface area contributed by atoms with Crippen molar-refractivity contribution in [2.75, 3.05) is 0 Å². The zero-order valence-electron chi connectivity index (χ0n) is 5.49. The molecule has 0 saturated carbocycles. The lowest BCUT2D eigenvalue weighted by molar-refractivity contribution is 0.282. The normalized spacial score (nSPS) is 8.80. The maximum atomic E-state index is 8.64. The fourth-order valence-electron chi connectivity index (χ4n) is 0.687. The number of benzene rings is 1. The van der Waals surface area contributed by atoms with Crippen LogP contribution in [0.4, 0.5) is 5.69 Å². The third kappa shape index (κ3) is 1.34. The summed E-state index contributed by atoms with van der Waals surface area (Å²) in [5.74, 6) is 0. The Hall–Kier alpha value is -1.33. The number of hydrogen-bond acceptors (Lipinski definition) is 1. The van der Waals surface area contributed by atoms with Crippen molar-refractivity contribution in [2.45, 2.75) is 6.61 Å². The van der Waals surface area contributed by atoms with Crippen LogP contribution in [-0.2, 0) is 6.61 Å². The van der Waals surface area contributed by atoms with E-state index in [1.165, 1.54) is 0 Å². The summed E-state index contributed by atoms with van der Waals surface area (Å²) in [5, 5.41) is 8.64. The highest BCUT2D eigenvalue weighted by Crippen LogP contribution is 2.11. The van der Waals surface area contributed by atoms with E-state index in [4.69, 9.17) is 11.7 Å². The van der Waals surface area contributed by atoms with Crippen molar-refractivity contribution >= 4 is 5.69 Å². The summed E-state index contributed by atoms with van der Waals surface area (Å²) in [5.41, 5.74) is 1.59. The maximum Gasteiger partial charge on any atom is 0.339 e. The number of aliphatic hydroxyl groups is 1. The Bertz CT molecular complexity index is 245. The Morgan fingerprint density at radius 1 is 1.30 bits per heavy atom. The summed E-state index contributed by atoms with van der Waals surface area (Å²) >= 11 is 0. The van der Waals surface area contributed by atoms with Gasteiger partial charge in [-0.2, -0.15) is 0 Å². The molecule has 0 aromatic heterocycles. The standard InChI is InChI=1S/C8H8NO/c1-9-8-4-2-7(6-10)3-5-8/h1-5,10H,6H2/q+1. The van der Waals surface area contributed by atoms with Gasteiger partial charge in [0.1, 0.15) is 0 Å². The summed E-state index contributed by atoms with van der Waals surface area (Å²) in [7, 11) is 0. The van der Waals surface area contributed by atoms with E-state index in [1.54, 1.807) is 24.3 Å². The first-order valence-electron chi connectivity index (χ1n) is 2.97. The van der Waals surface area contributed by atoms with E-state index >= 15 is 0 Å². The molecule has 2 nitrogen and oxygen atoms in total. The van der Waals surface area contributed by atoms with E-state index in [0.29, 0.717) is 0 Å². The fraction of sp³-hybridized carbons (Fsp3) is 0.125. The van der Waals surface area contributed by atoms with Gasteiger partial charge in [0, 0.05) is 12.1 Å². The van der Waals surface area contributed by atoms with E-state index in [9.17, 15) is 0 Å². The van der Waals surface area contributed by atoms with Crippen molar-refractivity contribution in [3.05, 3.63) is 34.7 Å². The average Bonchev–Trinajstić information content (AvgIpc) is 2.05. The molecule has 0 saturated heterocycles. The van der Waals surface area contributed by atoms with Crippen molar-refractivity contribution in [3.8, 4) is 6.57 Å². The highest BCUT2D eigenvalue weighted by molar-refractivity contribution is 5.45. The SMILES string of the molecule is C#[N+]c1ccc(CO)cc1. The molecule has 0 atom stereocenters. The minimum Gasteiger partial charge on any atom is -0.392 e. The van der Waals surface area contributed by atoms with Gasteiger partial charge >= 0.3 is 5.69 Å². The van der Waals surface area contributed by atoms with E-state index in [2.05, 4.69) is 4.85 Å². The second-order valence-corrected chi connectivity index (χ2v) is 1.95. The quantitative estimate of drug-likeness (QED) is 0.622. The van der Waals surface area contributed by atoms with Crippen molar-refractivity contribution < 1.29 is 5.11 Å². The fourth-order valence-corrected chi connectivity index (χ4v) is 0.687. The van der Waals surface area contributed by atoms with Gasteiger partial charge in [0.25, 0.3) is 6.57 Å². The summed E-state index contributed by atoms with van der Waals surface area (Å²) in [4.78, 5) is 3.46. The zero-order valence-corrected chi connectivity index (χ0v) is 5.49. The monoisotopic (exact) mass is 134 g/mol. The minimum absolute atomic E-state index is 0.0604. The van der Waals surface area contributed by atoms with Crippen LogP contribution < -0.4 is 0 Å². The van der Waals surface area contributed by atoms with Gasteiger partial charge in [-0.3, -0.25) is 0 Å². The smallest absolute Gasteiger partial charge is 0.339 e. The van der Waals surface area contributed by atoms with Gasteiger partial charge in [0.15, 0.2) is 0 Å². The number of rotatable bonds is 1. The summed E-state index contributed by atoms with van der Waals surface area (Å²) in [6.45, 7) is 5.06. The van der Waals surface area contributed by atoms with Gasteiger partial charge in [-0.25, -0.2) is 0 Å². The van der Waals surface area contributed by atoms with Gasteiger partial charge in [-0.1, -0.05) is 0 Å². The van der Waals surface area contributed by atoms with E-state index < -0.39 is 0 Å². The van der Waals surface area contributed by atoms with Crippen LogP contribution in [0.15, 0.2) is 24.3 Å². The zero-order chi connectivity index (χ0) is 7.40. The van der Waals surface area contributed by atoms with E-state index in [1.807, 2.05) is 0 Å². The molecule has 1 rings (SSSR count). The van der Waals surface area contributed by atoms with E-state index in [0.717, 1.165) is 11.3 Å². The second kappa shape index (κ2) is 3.00. The summed E-state index contributed by atoms with van der Waals surface area (Å²) in [6.07, 6.45) is 0. The third-order valence-electron chi connectivity index (χ3n) is 1.27. The Kier molecular flexibility index (Phi) is 2.03. The van der Waals surface area contributed by atoms with Crippen LogP contribution in [0.5, 0.6) is 0 Å². The highest BCUT2D eigenvalue weighted by atomic mass is 16.3. The molecular formula is C8H8NO+. The molecule has 1 N–H and O–H groups in total. The predicted molar refractivity (Wildman–Crippen MR) is 40.3 cm³/mol. The van der Waals surface area contributed by atoms with Gasteiger partial charge in [-0.05, 0) is 22.5 Å². The molecule has 1 aromatic rings. The molecule has 10 heavy (non-hydrogen) atoms. The van der Waals surface area contributed by atoms with Crippen molar-refractivity contribution in [1.82, 2.24) is 0 Å². The van der Waals surface area contributed by atoms with Crippen molar-refractivity contribution in [3.63, 3.8) is 0 Å². The first-order chi connectivity index (χ1) is 4.86. The van der Waals surface area contributed by atoms with Crippen LogP contribution >= 0.6 is 0 Å². The molecule has 0 spiro atoms. The minimum atomic E-state index is 0.0604. The Balaban J connectivity index is 2.93. The Labute approximate surface area is 59.6 Å². The molecule has 0 heterocycles. The van der Waals surface area contributed by atoms with Crippen LogP contribution in [-0.4, -0.2) is 5.11 Å². The van der Waals surface area contributed by atoms with Crippen LogP contribution in [0.2, 0.25) is 0 Å². The van der Waals surface area contributed by atoms with Crippen molar-refractivity contribution in [1.29, 1.82) is 0 Å². The number of hydrogen-bond donors (Lipinski definition) is 1. The van der Waals surface area contributed by atoms with E-state index in [-0.39, 0.29) is 6.61 Å². The maximum absolute atomic E-state index is 8.64. The lowest BCUT2D eigenvalue weighted by Crippen LogP contribution is -1.78. The molecular weight excluding hydrogens is 126 g/mol. The Morgan fingerprint density at radius 2 is 1.90 bits per heavy atom. The first-order valence-corrected chi connectivity index (χ1v) is 2.97. The lowest BCUT2D eigenvalue weighted by Gasteiger charge is -1.88. The molecule has 0 bridgehead atoms. The lowest BCUT2D eigenvalue weighted by atomic mass is 10.2. The van der Waals surface area contributed by atoms with Crippen molar-refractivity contribution in [2.24, 2.45) is 0 Å². The largest absolute Gasteiger partial charge is 0.392 e. The number of aliphatic hydroxyl groups excluding tert-OH is 1. The molecule has 2 heteroatoms. The average molecular weight is 134 g/mol. The van der Waals surface area contributed by atoms with Crippen LogP contribution in [0.25, 0.3) is 4.85 Å². The number of nitrogens with zero attached hydrogens (tertiary/aromatic N) is 1. The van der Waals surface area contributed by atoms with Crippen LogP contribution in [0.1, 0.15) is 5.56 Å². The molecule has 0 aliphatic heterocycles. The van der Waals surface area contributed by atoms with Crippen LogP contribution in [0, 0.1) is 6.57 Å². The van der Waals surface area contributed by atoms with Gasteiger partial charge in [0.05, 0.1) is 6.61 Å².